The van der Waals surface area contributed by atoms with Crippen LogP contribution in [0.2, 0.25) is 0 Å². The molecule has 130 valence electrons. The SMILES string of the molecule is O=C(O)c1cccc(F)c1C(=O)Nc1ccc(Nc2ccccc2)cc1. The minimum atomic E-state index is -1.36. The van der Waals surface area contributed by atoms with Crippen molar-refractivity contribution in [2.45, 2.75) is 0 Å². The molecule has 0 fully saturated rings. The van der Waals surface area contributed by atoms with Crippen molar-refractivity contribution in [2.24, 2.45) is 0 Å². The number of halogens is 1. The van der Waals surface area contributed by atoms with E-state index < -0.39 is 23.3 Å². The molecule has 0 aliphatic heterocycles. The highest BCUT2D eigenvalue weighted by atomic mass is 19.1. The number of hydrogen-bond acceptors (Lipinski definition) is 3. The molecule has 3 aromatic rings. The summed E-state index contributed by atoms with van der Waals surface area (Å²) < 4.78 is 13.9. The van der Waals surface area contributed by atoms with E-state index >= 15 is 0 Å². The van der Waals surface area contributed by atoms with Crippen LogP contribution in [0, 0.1) is 5.82 Å². The lowest BCUT2D eigenvalue weighted by molar-refractivity contribution is 0.0691. The molecule has 0 saturated heterocycles. The standard InChI is InChI=1S/C20H15FN2O3/c21-17-8-4-7-16(20(25)26)18(17)19(24)23-15-11-9-14(10-12-15)22-13-5-2-1-3-6-13/h1-12,22H,(H,23,24)(H,25,26). The van der Waals surface area contributed by atoms with Gasteiger partial charge in [-0.15, -0.1) is 0 Å². The Morgan fingerprint density at radius 3 is 2.04 bits per heavy atom. The van der Waals surface area contributed by atoms with Crippen LogP contribution in [-0.4, -0.2) is 17.0 Å². The number of carbonyl (C=O) groups is 2. The maximum Gasteiger partial charge on any atom is 0.336 e. The van der Waals surface area contributed by atoms with Crippen LogP contribution in [0.3, 0.4) is 0 Å². The van der Waals surface area contributed by atoms with Crippen LogP contribution in [0.4, 0.5) is 21.5 Å². The minimum absolute atomic E-state index is 0.384. The van der Waals surface area contributed by atoms with Gasteiger partial charge in [-0.05, 0) is 48.5 Å². The van der Waals surface area contributed by atoms with Gasteiger partial charge >= 0.3 is 5.97 Å². The molecule has 0 aromatic heterocycles. The molecule has 0 heterocycles. The van der Waals surface area contributed by atoms with Gasteiger partial charge in [-0.3, -0.25) is 4.79 Å². The number of carboxylic acid groups (broad SMARTS) is 1. The van der Waals surface area contributed by atoms with Crippen molar-refractivity contribution >= 4 is 28.9 Å². The fourth-order valence-electron chi connectivity index (χ4n) is 2.45. The third kappa shape index (κ3) is 3.87. The number of anilines is 3. The van der Waals surface area contributed by atoms with Gasteiger partial charge in [0, 0.05) is 17.1 Å². The van der Waals surface area contributed by atoms with Crippen LogP contribution in [0.5, 0.6) is 0 Å². The number of para-hydroxylation sites is 1. The van der Waals surface area contributed by atoms with Crippen LogP contribution < -0.4 is 10.6 Å². The van der Waals surface area contributed by atoms with Gasteiger partial charge in [0.05, 0.1) is 11.1 Å². The zero-order valence-electron chi connectivity index (χ0n) is 13.6. The Labute approximate surface area is 149 Å². The Hall–Kier alpha value is -3.67. The number of amides is 1. The molecule has 0 radical (unpaired) electrons. The normalized spacial score (nSPS) is 10.2. The van der Waals surface area contributed by atoms with E-state index in [1.54, 1.807) is 24.3 Å². The van der Waals surface area contributed by atoms with Crippen molar-refractivity contribution in [3.63, 3.8) is 0 Å². The van der Waals surface area contributed by atoms with E-state index in [2.05, 4.69) is 10.6 Å². The van der Waals surface area contributed by atoms with E-state index in [0.29, 0.717) is 5.69 Å². The molecule has 0 spiro atoms. The smallest absolute Gasteiger partial charge is 0.336 e. The molecule has 0 saturated carbocycles. The fraction of sp³-hybridized carbons (Fsp3) is 0. The molecule has 3 rings (SSSR count). The number of aromatic carboxylic acids is 1. The zero-order chi connectivity index (χ0) is 18.5. The van der Waals surface area contributed by atoms with E-state index in [9.17, 15) is 14.0 Å². The highest BCUT2D eigenvalue weighted by molar-refractivity contribution is 6.10. The Morgan fingerprint density at radius 1 is 0.769 bits per heavy atom. The van der Waals surface area contributed by atoms with Crippen LogP contribution in [0.15, 0.2) is 72.8 Å². The molecule has 26 heavy (non-hydrogen) atoms. The second-order valence-electron chi connectivity index (χ2n) is 5.49. The predicted molar refractivity (Wildman–Crippen MR) is 97.5 cm³/mol. The first kappa shape index (κ1) is 17.2. The summed E-state index contributed by atoms with van der Waals surface area (Å²) in [6, 6.07) is 19.8. The number of carboxylic acids is 1. The van der Waals surface area contributed by atoms with Crippen LogP contribution >= 0.6 is 0 Å². The second kappa shape index (κ2) is 7.48. The first-order valence-electron chi connectivity index (χ1n) is 7.80. The minimum Gasteiger partial charge on any atom is -0.478 e. The van der Waals surface area contributed by atoms with Gasteiger partial charge in [0.25, 0.3) is 5.91 Å². The Kier molecular flexibility index (Phi) is 4.94. The quantitative estimate of drug-likeness (QED) is 0.632. The number of rotatable bonds is 5. The summed E-state index contributed by atoms with van der Waals surface area (Å²) >= 11 is 0. The van der Waals surface area contributed by atoms with Gasteiger partial charge in [0.15, 0.2) is 0 Å². The average molecular weight is 350 g/mol. The van der Waals surface area contributed by atoms with Gasteiger partial charge in [-0.25, -0.2) is 9.18 Å². The van der Waals surface area contributed by atoms with E-state index in [1.165, 1.54) is 12.1 Å². The molecule has 0 aliphatic rings. The average Bonchev–Trinajstić information content (AvgIpc) is 2.64. The van der Waals surface area contributed by atoms with Crippen LogP contribution in [0.25, 0.3) is 0 Å². The molecular formula is C20H15FN2O3. The maximum atomic E-state index is 13.9. The van der Waals surface area contributed by atoms with Crippen molar-refractivity contribution in [3.8, 4) is 0 Å². The third-order valence-corrected chi connectivity index (χ3v) is 3.68. The number of benzene rings is 3. The van der Waals surface area contributed by atoms with Crippen molar-refractivity contribution in [3.05, 3.63) is 89.7 Å². The van der Waals surface area contributed by atoms with Crippen molar-refractivity contribution in [1.82, 2.24) is 0 Å². The van der Waals surface area contributed by atoms with Gasteiger partial charge in [0.2, 0.25) is 0 Å². The van der Waals surface area contributed by atoms with E-state index in [-0.39, 0.29) is 5.56 Å². The number of nitrogens with one attached hydrogen (secondary N) is 2. The third-order valence-electron chi connectivity index (χ3n) is 3.68. The molecule has 3 N–H and O–H groups in total. The largest absolute Gasteiger partial charge is 0.478 e. The van der Waals surface area contributed by atoms with Crippen molar-refractivity contribution in [1.29, 1.82) is 0 Å². The summed E-state index contributed by atoms with van der Waals surface area (Å²) in [7, 11) is 0. The van der Waals surface area contributed by atoms with Crippen molar-refractivity contribution < 1.29 is 19.1 Å². The van der Waals surface area contributed by atoms with Gasteiger partial charge < -0.3 is 15.7 Å². The molecular weight excluding hydrogens is 335 g/mol. The summed E-state index contributed by atoms with van der Waals surface area (Å²) in [4.78, 5) is 23.5. The number of carbonyl (C=O) groups excluding carboxylic acids is 1. The molecule has 1 amide bonds. The first-order valence-corrected chi connectivity index (χ1v) is 7.80. The van der Waals surface area contributed by atoms with Gasteiger partial charge in [0.1, 0.15) is 5.82 Å². The molecule has 0 bridgehead atoms. The monoisotopic (exact) mass is 350 g/mol. The molecule has 0 aliphatic carbocycles. The lowest BCUT2D eigenvalue weighted by atomic mass is 10.1. The lowest BCUT2D eigenvalue weighted by Crippen LogP contribution is -2.18. The Balaban J connectivity index is 1.76. The first-order chi connectivity index (χ1) is 12.5. The Morgan fingerprint density at radius 2 is 1.38 bits per heavy atom. The van der Waals surface area contributed by atoms with Crippen molar-refractivity contribution in [2.75, 3.05) is 10.6 Å². The molecule has 6 heteroatoms. The highest BCUT2D eigenvalue weighted by Crippen LogP contribution is 2.20. The topological polar surface area (TPSA) is 78.4 Å². The molecule has 3 aromatic carbocycles. The second-order valence-corrected chi connectivity index (χ2v) is 5.49. The van der Waals surface area contributed by atoms with E-state index in [1.807, 2.05) is 30.3 Å². The summed E-state index contributed by atoms with van der Waals surface area (Å²) in [5.74, 6) is -3.06. The van der Waals surface area contributed by atoms with Crippen LogP contribution in [0.1, 0.15) is 20.7 Å². The van der Waals surface area contributed by atoms with Crippen LogP contribution in [-0.2, 0) is 0 Å². The predicted octanol–water partition coefficient (Wildman–Crippen LogP) is 4.52. The highest BCUT2D eigenvalue weighted by Gasteiger charge is 2.20. The van der Waals surface area contributed by atoms with Gasteiger partial charge in [-0.2, -0.15) is 0 Å². The van der Waals surface area contributed by atoms with Gasteiger partial charge in [-0.1, -0.05) is 24.3 Å². The van der Waals surface area contributed by atoms with E-state index in [0.717, 1.165) is 17.4 Å². The molecule has 0 atom stereocenters. The fourth-order valence-corrected chi connectivity index (χ4v) is 2.45. The summed E-state index contributed by atoms with van der Waals surface area (Å²) in [6.45, 7) is 0. The summed E-state index contributed by atoms with van der Waals surface area (Å²) in [5, 5.41) is 14.8. The summed E-state index contributed by atoms with van der Waals surface area (Å²) in [6.07, 6.45) is 0. The molecule has 5 nitrogen and oxygen atoms in total. The number of hydrogen-bond donors (Lipinski definition) is 3. The van der Waals surface area contributed by atoms with E-state index in [4.69, 9.17) is 5.11 Å². The summed E-state index contributed by atoms with van der Waals surface area (Å²) in [5.41, 5.74) is 1.28. The lowest BCUT2D eigenvalue weighted by Gasteiger charge is -2.10. The molecule has 0 unspecified atom stereocenters. The maximum absolute atomic E-state index is 13.9. The Bertz CT molecular complexity index is 941. The zero-order valence-corrected chi connectivity index (χ0v) is 13.6.